The van der Waals surface area contributed by atoms with Crippen molar-refractivity contribution >= 4 is 0 Å². The van der Waals surface area contributed by atoms with E-state index in [-0.39, 0.29) is 12.8 Å². The highest BCUT2D eigenvalue weighted by Gasteiger charge is 2.34. The minimum atomic E-state index is -2.40. The monoisotopic (exact) mass is 689 g/mol. The number of likely N-dealkylation sites (N-methyl/N-ethyl adjacent to an activating group) is 1. The summed E-state index contributed by atoms with van der Waals surface area (Å²) in [4.78, 5) is 14.6. The lowest BCUT2D eigenvalue weighted by atomic mass is 10.1. The van der Waals surface area contributed by atoms with Gasteiger partial charge in [0.2, 0.25) is 0 Å². The van der Waals surface area contributed by atoms with Gasteiger partial charge in [0.15, 0.2) is 0 Å². The van der Waals surface area contributed by atoms with Crippen molar-refractivity contribution in [2.75, 3.05) is 98.8 Å². The van der Waals surface area contributed by atoms with E-state index in [1.54, 1.807) is 0 Å². The number of likely N-dealkylation sites (tertiary alicyclic amines) is 3. The van der Waals surface area contributed by atoms with E-state index in [0.717, 1.165) is 44.4 Å². The van der Waals surface area contributed by atoms with Crippen LogP contribution in [0.25, 0.3) is 0 Å². The zero-order chi connectivity index (χ0) is 36.1. The Morgan fingerprint density at radius 1 is 0.396 bits per heavy atom. The van der Waals surface area contributed by atoms with Gasteiger partial charge in [-0.2, -0.15) is 0 Å². The van der Waals surface area contributed by atoms with Gasteiger partial charge in [-0.05, 0) is 128 Å². The smallest absolute Gasteiger partial charge is 0.250 e. The van der Waals surface area contributed by atoms with Crippen molar-refractivity contribution in [3.8, 4) is 0 Å². The van der Waals surface area contributed by atoms with E-state index in [0.29, 0.717) is 25.2 Å². The molecule has 5 saturated heterocycles. The first-order valence-corrected chi connectivity index (χ1v) is 20.0. The summed E-state index contributed by atoms with van der Waals surface area (Å²) in [6, 6.07) is 3.37. The van der Waals surface area contributed by atoms with Crippen LogP contribution in [-0.2, 0) is 4.74 Å². The number of hydrogen-bond donors (Lipinski definition) is 0. The zero-order valence-corrected chi connectivity index (χ0v) is 33.8. The third-order valence-electron chi connectivity index (χ3n) is 10.5. The molecule has 0 atom stereocenters. The summed E-state index contributed by atoms with van der Waals surface area (Å²) in [5.41, 5.74) is 0. The number of hydrogen-bond acceptors (Lipinski definition) is 7. The molecule has 0 aromatic rings. The van der Waals surface area contributed by atoms with Crippen LogP contribution in [0.3, 0.4) is 0 Å². The molecule has 5 aliphatic heterocycles. The van der Waals surface area contributed by atoms with Gasteiger partial charge in [0.1, 0.15) is 0 Å². The van der Waals surface area contributed by atoms with E-state index in [4.69, 9.17) is 4.74 Å². The number of piperidine rings is 3. The maximum atomic E-state index is 12.6. The standard InChI is InChI=1S/C8H15F2N.C8H18N2.2C8H17N.C7H15NO/c1-7(2)11-5-3-8(9,10)4-6-11;1-8(2)10-6-4-9(3)5-7-10;2*1-8(2)9-6-4-3-5-7-9;1-7(2)8-3-5-9-6-4-8/h7H,3-6H2,1-2H3;8H,4-7H2,1-3H3;2*8H,3-7H2,1-2H3;7H,3-6H2,1-2H3. The Morgan fingerprint density at radius 3 is 0.979 bits per heavy atom. The molecule has 0 bridgehead atoms. The predicted octanol–water partition coefficient (Wildman–Crippen LogP) is 7.26. The Kier molecular flexibility index (Phi) is 24.2. The van der Waals surface area contributed by atoms with Gasteiger partial charge in [-0.15, -0.1) is 0 Å². The fourth-order valence-corrected chi connectivity index (χ4v) is 6.67. The molecule has 0 aliphatic carbocycles. The number of morpholine rings is 1. The first kappa shape index (κ1) is 45.6. The molecule has 0 N–H and O–H groups in total. The molecule has 0 aromatic carbocycles. The summed E-state index contributed by atoms with van der Waals surface area (Å²) in [6.07, 6.45) is 8.62. The molecule has 5 aliphatic rings. The second-order valence-electron chi connectivity index (χ2n) is 16.0. The lowest BCUT2D eigenvalue weighted by molar-refractivity contribution is -0.0603. The highest BCUT2D eigenvalue weighted by Crippen LogP contribution is 2.28. The highest BCUT2D eigenvalue weighted by atomic mass is 19.3. The SMILES string of the molecule is CC(C)N1CCC(F)(F)CC1.CC(C)N1CCCCC1.CC(C)N1CCCCC1.CC(C)N1CCN(C)CC1.CC(C)N1CCOCC1. The van der Waals surface area contributed by atoms with Crippen LogP contribution in [0.4, 0.5) is 8.78 Å². The van der Waals surface area contributed by atoms with Gasteiger partial charge in [-0.25, -0.2) is 8.78 Å². The number of nitrogens with zero attached hydrogens (tertiary/aromatic N) is 6. The third kappa shape index (κ3) is 21.1. The molecular weight excluding hydrogens is 606 g/mol. The van der Waals surface area contributed by atoms with Crippen LogP contribution in [0.15, 0.2) is 0 Å². The maximum absolute atomic E-state index is 12.6. The van der Waals surface area contributed by atoms with E-state index in [1.165, 1.54) is 90.9 Å². The van der Waals surface area contributed by atoms with Crippen LogP contribution >= 0.6 is 0 Å². The van der Waals surface area contributed by atoms with Crippen LogP contribution in [-0.4, -0.2) is 164 Å². The predicted molar refractivity (Wildman–Crippen MR) is 204 cm³/mol. The van der Waals surface area contributed by atoms with Crippen molar-refractivity contribution in [3.63, 3.8) is 0 Å². The van der Waals surface area contributed by atoms with E-state index >= 15 is 0 Å². The molecule has 0 amide bonds. The fourth-order valence-electron chi connectivity index (χ4n) is 6.67. The number of halogens is 2. The average Bonchev–Trinajstić information content (AvgIpc) is 3.07. The zero-order valence-electron chi connectivity index (χ0n) is 33.8. The Bertz CT molecular complexity index is 680. The van der Waals surface area contributed by atoms with Gasteiger partial charge in [0.25, 0.3) is 5.92 Å². The molecule has 0 saturated carbocycles. The third-order valence-corrected chi connectivity index (χ3v) is 10.5. The van der Waals surface area contributed by atoms with E-state index in [1.807, 2.05) is 13.8 Å². The molecule has 5 rings (SSSR count). The lowest BCUT2D eigenvalue weighted by Crippen LogP contribution is -2.47. The number of ether oxygens (including phenoxy) is 1. The normalized spacial score (nSPS) is 23.9. The minimum absolute atomic E-state index is 0.0329. The Balaban J connectivity index is 0.000000301. The number of piperazine rings is 1. The molecule has 48 heavy (non-hydrogen) atoms. The van der Waals surface area contributed by atoms with Gasteiger partial charge in [0, 0.05) is 95.4 Å². The molecule has 9 heteroatoms. The summed E-state index contributed by atoms with van der Waals surface area (Å²) in [5.74, 6) is -2.40. The van der Waals surface area contributed by atoms with Gasteiger partial charge in [0.05, 0.1) is 13.2 Å². The molecule has 288 valence electrons. The molecule has 0 radical (unpaired) electrons. The molecule has 5 fully saturated rings. The molecule has 0 unspecified atom stereocenters. The van der Waals surface area contributed by atoms with Crippen molar-refractivity contribution in [3.05, 3.63) is 0 Å². The van der Waals surface area contributed by atoms with Gasteiger partial charge < -0.3 is 24.3 Å². The van der Waals surface area contributed by atoms with E-state index < -0.39 is 5.92 Å². The second-order valence-corrected chi connectivity index (χ2v) is 16.0. The van der Waals surface area contributed by atoms with E-state index in [2.05, 4.69) is 91.8 Å². The lowest BCUT2D eigenvalue weighted by Gasteiger charge is -2.34. The quantitative estimate of drug-likeness (QED) is 0.301. The van der Waals surface area contributed by atoms with Crippen molar-refractivity contribution in [2.45, 2.75) is 157 Å². The number of rotatable bonds is 5. The van der Waals surface area contributed by atoms with Crippen molar-refractivity contribution in [1.29, 1.82) is 0 Å². The summed E-state index contributed by atoms with van der Waals surface area (Å²) in [7, 11) is 2.19. The van der Waals surface area contributed by atoms with Crippen molar-refractivity contribution < 1.29 is 13.5 Å². The fraction of sp³-hybridized carbons (Fsp3) is 1.00. The minimum Gasteiger partial charge on any atom is -0.379 e. The van der Waals surface area contributed by atoms with Crippen LogP contribution in [0.1, 0.15) is 121 Å². The highest BCUT2D eigenvalue weighted by molar-refractivity contribution is 4.79. The molecule has 5 heterocycles. The van der Waals surface area contributed by atoms with Crippen molar-refractivity contribution in [1.82, 2.24) is 29.4 Å². The van der Waals surface area contributed by atoms with Crippen LogP contribution in [0.5, 0.6) is 0 Å². The molecule has 0 aromatic heterocycles. The van der Waals surface area contributed by atoms with Gasteiger partial charge in [-0.1, -0.05) is 12.8 Å². The largest absolute Gasteiger partial charge is 0.379 e. The topological polar surface area (TPSA) is 28.7 Å². The van der Waals surface area contributed by atoms with Crippen molar-refractivity contribution in [2.24, 2.45) is 0 Å². The Morgan fingerprint density at radius 2 is 0.688 bits per heavy atom. The molecule has 7 nitrogen and oxygen atoms in total. The molecular formula is C39H82F2N6O. The van der Waals surface area contributed by atoms with Crippen LogP contribution < -0.4 is 0 Å². The van der Waals surface area contributed by atoms with Gasteiger partial charge in [-0.3, -0.25) is 9.80 Å². The maximum Gasteiger partial charge on any atom is 0.250 e. The Labute approximate surface area is 298 Å². The van der Waals surface area contributed by atoms with Crippen LogP contribution in [0, 0.1) is 0 Å². The first-order chi connectivity index (χ1) is 22.6. The summed E-state index contributed by atoms with van der Waals surface area (Å²) in [6.45, 7) is 37.6. The summed E-state index contributed by atoms with van der Waals surface area (Å²) < 4.78 is 30.4. The van der Waals surface area contributed by atoms with Crippen LogP contribution in [0.2, 0.25) is 0 Å². The number of alkyl halides is 2. The summed E-state index contributed by atoms with van der Waals surface area (Å²) in [5, 5.41) is 0. The summed E-state index contributed by atoms with van der Waals surface area (Å²) >= 11 is 0. The van der Waals surface area contributed by atoms with E-state index in [9.17, 15) is 8.78 Å². The molecule has 0 spiro atoms. The van der Waals surface area contributed by atoms with Gasteiger partial charge >= 0.3 is 0 Å². The average molecular weight is 689 g/mol. The second kappa shape index (κ2) is 25.5. The first-order valence-electron chi connectivity index (χ1n) is 20.0. The Hall–Kier alpha value is -0.420.